The quantitative estimate of drug-likeness (QED) is 0.596. The van der Waals surface area contributed by atoms with Crippen LogP contribution in [0.2, 0.25) is 0 Å². The van der Waals surface area contributed by atoms with Crippen LogP contribution < -0.4 is 0 Å². The lowest BCUT2D eigenvalue weighted by atomic mass is 9.64. The van der Waals surface area contributed by atoms with E-state index in [1.807, 2.05) is 6.08 Å². The zero-order chi connectivity index (χ0) is 14.7. The summed E-state index contributed by atoms with van der Waals surface area (Å²) in [6, 6.07) is 0. The molecule has 0 saturated heterocycles. The maximum Gasteiger partial charge on any atom is 0.303 e. The third-order valence-corrected chi connectivity index (χ3v) is 6.53. The Morgan fingerprint density at radius 2 is 1.95 bits per heavy atom. The van der Waals surface area contributed by atoms with Gasteiger partial charge in [0.15, 0.2) is 0 Å². The minimum Gasteiger partial charge on any atom is -0.456 e. The van der Waals surface area contributed by atoms with Gasteiger partial charge in [0.05, 0.1) is 6.10 Å². The predicted octanol–water partition coefficient (Wildman–Crippen LogP) is 2.56. The fraction of sp³-hybridized carbons (Fsp3) is 0.722. The van der Waals surface area contributed by atoms with E-state index in [2.05, 4.69) is 25.2 Å². The van der Waals surface area contributed by atoms with Crippen molar-refractivity contribution in [2.75, 3.05) is 0 Å². The molecule has 1 N–H and O–H groups in total. The molecule has 0 aromatic rings. The lowest BCUT2D eigenvalue weighted by Crippen LogP contribution is -2.45. The SMILES string of the molecule is CC(=O)O[C@H]1C=C[C@H](C)[C@H]2[C@@H]3C[C@H]([C@H]4CC=C[C@@H]34)[C@H]2[C@H]1O. The fourth-order valence-electron chi connectivity index (χ4n) is 5.95. The van der Waals surface area contributed by atoms with E-state index in [0.717, 1.165) is 5.92 Å². The number of aliphatic hydroxyl groups excluding tert-OH is 1. The lowest BCUT2D eigenvalue weighted by molar-refractivity contribution is -0.152. The molecule has 0 spiro atoms. The Balaban J connectivity index is 1.66. The monoisotopic (exact) mass is 288 g/mol. The Bertz CT molecular complexity index is 509. The third kappa shape index (κ3) is 1.86. The summed E-state index contributed by atoms with van der Waals surface area (Å²) in [5, 5.41) is 10.9. The molecule has 2 fully saturated rings. The molecule has 0 amide bonds. The minimum absolute atomic E-state index is 0.283. The van der Waals surface area contributed by atoms with Crippen molar-refractivity contribution >= 4 is 5.97 Å². The number of carbonyl (C=O) groups is 1. The molecule has 0 aliphatic heterocycles. The van der Waals surface area contributed by atoms with Crippen molar-refractivity contribution in [2.24, 2.45) is 41.4 Å². The molecule has 0 radical (unpaired) electrons. The number of allylic oxidation sites excluding steroid dienone is 3. The van der Waals surface area contributed by atoms with Crippen molar-refractivity contribution in [1.29, 1.82) is 0 Å². The highest BCUT2D eigenvalue weighted by molar-refractivity contribution is 5.66. The number of rotatable bonds is 1. The summed E-state index contributed by atoms with van der Waals surface area (Å²) >= 11 is 0. The summed E-state index contributed by atoms with van der Waals surface area (Å²) in [4.78, 5) is 11.3. The molecule has 3 nitrogen and oxygen atoms in total. The number of ether oxygens (including phenoxy) is 1. The highest BCUT2D eigenvalue weighted by Gasteiger charge is 2.61. The van der Waals surface area contributed by atoms with E-state index in [1.165, 1.54) is 19.8 Å². The van der Waals surface area contributed by atoms with Crippen LogP contribution in [0.15, 0.2) is 24.3 Å². The van der Waals surface area contributed by atoms with Crippen LogP contribution in [0.3, 0.4) is 0 Å². The van der Waals surface area contributed by atoms with Gasteiger partial charge in [-0.05, 0) is 60.3 Å². The lowest BCUT2D eigenvalue weighted by Gasteiger charge is -2.42. The Morgan fingerprint density at radius 1 is 1.14 bits per heavy atom. The summed E-state index contributed by atoms with van der Waals surface area (Å²) in [6.45, 7) is 3.68. The average molecular weight is 288 g/mol. The van der Waals surface area contributed by atoms with Crippen molar-refractivity contribution in [3.05, 3.63) is 24.3 Å². The first-order chi connectivity index (χ1) is 10.1. The molecule has 4 rings (SSSR count). The van der Waals surface area contributed by atoms with Crippen molar-refractivity contribution in [1.82, 2.24) is 0 Å². The van der Waals surface area contributed by atoms with Gasteiger partial charge in [0.2, 0.25) is 0 Å². The Morgan fingerprint density at radius 3 is 2.71 bits per heavy atom. The standard InChI is InChI=1S/C18H24O3/c1-9-6-7-15(21-10(2)19)18(20)17-14-8-13(16(9)17)11-4-3-5-12(11)14/h3-4,6-7,9,11-18,20H,5,8H2,1-2H3/t9-,11+,12-,13+,14+,15-,16-,17+,18-/m0/s1. The maximum absolute atomic E-state index is 11.3. The molecule has 4 aliphatic rings. The molecule has 0 aromatic heterocycles. The average Bonchev–Trinajstić information content (AvgIpc) is 3.09. The van der Waals surface area contributed by atoms with Crippen LogP contribution in [0.4, 0.5) is 0 Å². The molecule has 114 valence electrons. The van der Waals surface area contributed by atoms with Gasteiger partial charge in [-0.15, -0.1) is 0 Å². The van der Waals surface area contributed by atoms with Gasteiger partial charge in [0, 0.05) is 6.92 Å². The summed E-state index contributed by atoms with van der Waals surface area (Å²) in [7, 11) is 0. The van der Waals surface area contributed by atoms with Gasteiger partial charge < -0.3 is 9.84 Å². The van der Waals surface area contributed by atoms with Crippen molar-refractivity contribution in [3.63, 3.8) is 0 Å². The molecule has 4 aliphatic carbocycles. The van der Waals surface area contributed by atoms with Gasteiger partial charge in [-0.2, -0.15) is 0 Å². The number of carbonyl (C=O) groups excluding carboxylic acids is 1. The fourth-order valence-corrected chi connectivity index (χ4v) is 5.95. The second kappa shape index (κ2) is 4.70. The van der Waals surface area contributed by atoms with Crippen LogP contribution in [0.25, 0.3) is 0 Å². The first-order valence-corrected chi connectivity index (χ1v) is 8.28. The molecule has 2 saturated carbocycles. The minimum atomic E-state index is -0.545. The van der Waals surface area contributed by atoms with Gasteiger partial charge in [-0.3, -0.25) is 4.79 Å². The molecule has 2 bridgehead atoms. The molecular weight excluding hydrogens is 264 g/mol. The third-order valence-electron chi connectivity index (χ3n) is 6.53. The van der Waals surface area contributed by atoms with Crippen molar-refractivity contribution in [2.45, 2.75) is 38.9 Å². The topological polar surface area (TPSA) is 46.5 Å². The number of fused-ring (bicyclic) bond motifs is 8. The summed E-state index contributed by atoms with van der Waals surface area (Å²) in [5.74, 6) is 3.70. The summed E-state index contributed by atoms with van der Waals surface area (Å²) < 4.78 is 5.37. The van der Waals surface area contributed by atoms with E-state index in [4.69, 9.17) is 4.74 Å². The van der Waals surface area contributed by atoms with Crippen LogP contribution in [0.1, 0.15) is 26.7 Å². The van der Waals surface area contributed by atoms with E-state index in [-0.39, 0.29) is 11.9 Å². The molecular formula is C18H24O3. The van der Waals surface area contributed by atoms with E-state index in [9.17, 15) is 9.90 Å². The van der Waals surface area contributed by atoms with Crippen LogP contribution >= 0.6 is 0 Å². The first kappa shape index (κ1) is 13.6. The second-order valence-corrected chi connectivity index (χ2v) is 7.43. The number of aliphatic hydroxyl groups is 1. The molecule has 0 aromatic carbocycles. The molecule has 0 unspecified atom stereocenters. The number of esters is 1. The first-order valence-electron chi connectivity index (χ1n) is 8.28. The molecule has 9 atom stereocenters. The maximum atomic E-state index is 11.3. The van der Waals surface area contributed by atoms with Crippen LogP contribution in [0.5, 0.6) is 0 Å². The van der Waals surface area contributed by atoms with Gasteiger partial charge >= 0.3 is 5.97 Å². The number of hydrogen-bond acceptors (Lipinski definition) is 3. The second-order valence-electron chi connectivity index (χ2n) is 7.43. The van der Waals surface area contributed by atoms with E-state index in [1.54, 1.807) is 0 Å². The van der Waals surface area contributed by atoms with Gasteiger partial charge in [-0.1, -0.05) is 25.2 Å². The van der Waals surface area contributed by atoms with Crippen LogP contribution in [-0.4, -0.2) is 23.3 Å². The Kier molecular flexibility index (Phi) is 3.04. The molecule has 3 heteroatoms. The van der Waals surface area contributed by atoms with Crippen molar-refractivity contribution < 1.29 is 14.6 Å². The highest BCUT2D eigenvalue weighted by atomic mass is 16.6. The normalized spacial score (nSPS) is 53.4. The summed E-state index contributed by atoms with van der Waals surface area (Å²) in [5.41, 5.74) is 0. The van der Waals surface area contributed by atoms with Gasteiger partial charge in [-0.25, -0.2) is 0 Å². The van der Waals surface area contributed by atoms with E-state index >= 15 is 0 Å². The molecule has 21 heavy (non-hydrogen) atoms. The van der Waals surface area contributed by atoms with Gasteiger partial charge in [0.1, 0.15) is 6.10 Å². The largest absolute Gasteiger partial charge is 0.456 e. The predicted molar refractivity (Wildman–Crippen MR) is 79.2 cm³/mol. The highest BCUT2D eigenvalue weighted by Crippen LogP contribution is 2.64. The van der Waals surface area contributed by atoms with Crippen molar-refractivity contribution in [3.8, 4) is 0 Å². The molecule has 0 heterocycles. The number of hydrogen-bond donors (Lipinski definition) is 1. The smallest absolute Gasteiger partial charge is 0.303 e. The van der Waals surface area contributed by atoms with E-state index < -0.39 is 12.2 Å². The Hall–Kier alpha value is -1.09. The van der Waals surface area contributed by atoms with E-state index in [0.29, 0.717) is 29.6 Å². The summed E-state index contributed by atoms with van der Waals surface area (Å²) in [6.07, 6.45) is 10.2. The van der Waals surface area contributed by atoms with Crippen LogP contribution in [-0.2, 0) is 9.53 Å². The van der Waals surface area contributed by atoms with Gasteiger partial charge in [0.25, 0.3) is 0 Å². The Labute approximate surface area is 126 Å². The zero-order valence-corrected chi connectivity index (χ0v) is 12.7. The zero-order valence-electron chi connectivity index (χ0n) is 12.7. The van der Waals surface area contributed by atoms with Crippen LogP contribution in [0, 0.1) is 41.4 Å².